The molecule has 7 nitrogen and oxygen atoms in total. The van der Waals surface area contributed by atoms with Gasteiger partial charge in [-0.15, -0.1) is 0 Å². The number of morpholine rings is 1. The molecule has 0 spiro atoms. The van der Waals surface area contributed by atoms with Gasteiger partial charge in [0.15, 0.2) is 0 Å². The van der Waals surface area contributed by atoms with Crippen LogP contribution in [0, 0.1) is 5.41 Å². The number of rotatable bonds is 3. The minimum Gasteiger partial charge on any atom is -0.378 e. The van der Waals surface area contributed by atoms with Gasteiger partial charge in [-0.05, 0) is 25.3 Å². The van der Waals surface area contributed by atoms with E-state index in [2.05, 4.69) is 4.98 Å². The number of amides is 1. The maximum absolute atomic E-state index is 13.6. The fraction of sp³-hybridized carbons (Fsp3) is 0.458. The van der Waals surface area contributed by atoms with E-state index >= 15 is 0 Å². The van der Waals surface area contributed by atoms with Crippen LogP contribution in [0.2, 0.25) is 0 Å². The molecule has 1 amide bonds. The lowest BCUT2D eigenvalue weighted by molar-refractivity contribution is -0.199. The maximum atomic E-state index is 13.6. The van der Waals surface area contributed by atoms with Crippen LogP contribution >= 0.6 is 0 Å². The Labute approximate surface area is 193 Å². The monoisotopic (exact) mass is 471 g/mol. The number of para-hydroxylation sites is 1. The normalized spacial score (nSPS) is 19.9. The molecular formula is C24H24F3N5O2. The Kier molecular flexibility index (Phi) is 4.84. The average Bonchev–Trinajstić information content (AvgIpc) is 3.57. The minimum atomic E-state index is -4.52. The van der Waals surface area contributed by atoms with Crippen molar-refractivity contribution in [1.82, 2.24) is 19.9 Å². The zero-order valence-corrected chi connectivity index (χ0v) is 18.5. The zero-order chi connectivity index (χ0) is 23.5. The SMILES string of the molecule is O=C(N1CCc2c(nc(N3CCOCC3)nc2-c2c[nH]c3ccccc23)C1)C1(C(F)(F)F)CC1. The van der Waals surface area contributed by atoms with Crippen molar-refractivity contribution in [2.24, 2.45) is 5.41 Å². The first-order valence-corrected chi connectivity index (χ1v) is 11.5. The van der Waals surface area contributed by atoms with Crippen molar-refractivity contribution in [3.8, 4) is 11.3 Å². The van der Waals surface area contributed by atoms with E-state index in [1.54, 1.807) is 0 Å². The highest BCUT2D eigenvalue weighted by molar-refractivity contribution is 5.95. The van der Waals surface area contributed by atoms with Crippen LogP contribution in [0.5, 0.6) is 0 Å². The molecule has 0 unspecified atom stereocenters. The standard InChI is InChI=1S/C24H24F3N5O2/c25-24(26,27)23(6-7-23)21(33)32-8-5-16-19(14-32)29-22(31-9-11-34-12-10-31)30-20(16)17-13-28-18-4-2-1-3-15(17)18/h1-4,13,28H,5-12,14H2. The highest BCUT2D eigenvalue weighted by atomic mass is 19.4. The summed E-state index contributed by atoms with van der Waals surface area (Å²) < 4.78 is 46.3. The Balaban J connectivity index is 1.42. The predicted octanol–water partition coefficient (Wildman–Crippen LogP) is 3.69. The molecule has 1 saturated heterocycles. The molecule has 2 fully saturated rings. The van der Waals surface area contributed by atoms with Crippen LogP contribution in [0.3, 0.4) is 0 Å². The summed E-state index contributed by atoms with van der Waals surface area (Å²) in [6, 6.07) is 7.92. The predicted molar refractivity (Wildman–Crippen MR) is 119 cm³/mol. The molecule has 2 aromatic heterocycles. The van der Waals surface area contributed by atoms with Crippen LogP contribution in [0.4, 0.5) is 19.1 Å². The van der Waals surface area contributed by atoms with E-state index in [0.717, 1.165) is 27.7 Å². The van der Waals surface area contributed by atoms with E-state index in [1.165, 1.54) is 4.90 Å². The van der Waals surface area contributed by atoms with Gasteiger partial charge in [-0.1, -0.05) is 18.2 Å². The second-order valence-corrected chi connectivity index (χ2v) is 9.20. The van der Waals surface area contributed by atoms with Crippen LogP contribution < -0.4 is 4.90 Å². The van der Waals surface area contributed by atoms with E-state index in [4.69, 9.17) is 14.7 Å². The molecule has 6 rings (SSSR count). The molecule has 34 heavy (non-hydrogen) atoms. The van der Waals surface area contributed by atoms with E-state index in [9.17, 15) is 18.0 Å². The van der Waals surface area contributed by atoms with Crippen molar-refractivity contribution in [1.29, 1.82) is 0 Å². The number of nitrogens with zero attached hydrogens (tertiary/aromatic N) is 4. The van der Waals surface area contributed by atoms with Crippen molar-refractivity contribution < 1.29 is 22.7 Å². The lowest BCUT2D eigenvalue weighted by Gasteiger charge is -2.34. The minimum absolute atomic E-state index is 0.0568. The third kappa shape index (κ3) is 3.34. The molecule has 10 heteroatoms. The summed E-state index contributed by atoms with van der Waals surface area (Å²) in [5.74, 6) is -0.306. The van der Waals surface area contributed by atoms with Crippen LogP contribution in [-0.2, 0) is 22.5 Å². The first-order valence-electron chi connectivity index (χ1n) is 11.5. The Hall–Kier alpha value is -3.14. The van der Waals surface area contributed by atoms with Gasteiger partial charge in [0.2, 0.25) is 11.9 Å². The molecule has 3 aliphatic rings. The second kappa shape index (κ2) is 7.69. The summed E-state index contributed by atoms with van der Waals surface area (Å²) in [5.41, 5.74) is 1.97. The number of alkyl halides is 3. The number of carbonyl (C=O) groups is 1. The van der Waals surface area contributed by atoms with Gasteiger partial charge >= 0.3 is 6.18 Å². The number of H-pyrrole nitrogens is 1. The number of ether oxygens (including phenoxy) is 1. The molecule has 0 atom stereocenters. The second-order valence-electron chi connectivity index (χ2n) is 9.20. The number of hydrogen-bond acceptors (Lipinski definition) is 5. The zero-order valence-electron chi connectivity index (χ0n) is 18.5. The average molecular weight is 471 g/mol. The summed E-state index contributed by atoms with van der Waals surface area (Å²) in [7, 11) is 0. The number of carbonyl (C=O) groups excluding carboxylic acids is 1. The molecule has 1 saturated carbocycles. The van der Waals surface area contributed by atoms with Crippen molar-refractivity contribution in [2.45, 2.75) is 32.0 Å². The van der Waals surface area contributed by atoms with Crippen LogP contribution in [-0.4, -0.2) is 64.8 Å². The van der Waals surface area contributed by atoms with Crippen molar-refractivity contribution >= 4 is 22.8 Å². The Morgan fingerprint density at radius 2 is 1.85 bits per heavy atom. The number of halogens is 3. The largest absolute Gasteiger partial charge is 0.403 e. The Morgan fingerprint density at radius 3 is 2.59 bits per heavy atom. The van der Waals surface area contributed by atoms with Crippen LogP contribution in [0.1, 0.15) is 24.1 Å². The van der Waals surface area contributed by atoms with Crippen molar-refractivity contribution in [2.75, 3.05) is 37.7 Å². The molecule has 0 bridgehead atoms. The number of nitrogens with one attached hydrogen (secondary N) is 1. The molecule has 4 heterocycles. The van der Waals surface area contributed by atoms with Gasteiger partial charge in [0.05, 0.1) is 31.1 Å². The highest BCUT2D eigenvalue weighted by Crippen LogP contribution is 2.59. The smallest absolute Gasteiger partial charge is 0.378 e. The molecular weight excluding hydrogens is 447 g/mol. The maximum Gasteiger partial charge on any atom is 0.403 e. The van der Waals surface area contributed by atoms with Crippen molar-refractivity contribution in [3.05, 3.63) is 41.7 Å². The molecule has 0 radical (unpaired) electrons. The summed E-state index contributed by atoms with van der Waals surface area (Å²) in [4.78, 5) is 29.3. The van der Waals surface area contributed by atoms with Gasteiger partial charge in [-0.25, -0.2) is 9.97 Å². The van der Waals surface area contributed by atoms with E-state index in [0.29, 0.717) is 44.4 Å². The summed E-state index contributed by atoms with van der Waals surface area (Å²) in [5, 5.41) is 1.02. The van der Waals surface area contributed by atoms with E-state index in [-0.39, 0.29) is 25.9 Å². The number of anilines is 1. The number of fused-ring (bicyclic) bond motifs is 2. The van der Waals surface area contributed by atoms with Crippen LogP contribution in [0.25, 0.3) is 22.2 Å². The third-order valence-corrected chi connectivity index (χ3v) is 7.18. The summed E-state index contributed by atoms with van der Waals surface area (Å²) >= 11 is 0. The van der Waals surface area contributed by atoms with Gasteiger partial charge in [0.1, 0.15) is 5.41 Å². The summed E-state index contributed by atoms with van der Waals surface area (Å²) in [6.07, 6.45) is -2.47. The number of benzene rings is 1. The van der Waals surface area contributed by atoms with Crippen molar-refractivity contribution in [3.63, 3.8) is 0 Å². The molecule has 2 aliphatic heterocycles. The Morgan fingerprint density at radius 1 is 1.09 bits per heavy atom. The number of aromatic amines is 1. The lowest BCUT2D eigenvalue weighted by Crippen LogP contribution is -2.46. The molecule has 1 aromatic carbocycles. The molecule has 178 valence electrons. The highest BCUT2D eigenvalue weighted by Gasteiger charge is 2.69. The number of aromatic nitrogens is 3. The fourth-order valence-corrected chi connectivity index (χ4v) is 5.03. The number of hydrogen-bond donors (Lipinski definition) is 1. The van der Waals surface area contributed by atoms with E-state index in [1.807, 2.05) is 35.4 Å². The van der Waals surface area contributed by atoms with Gasteiger partial charge in [0, 0.05) is 47.9 Å². The molecule has 1 aliphatic carbocycles. The molecule has 3 aromatic rings. The fourth-order valence-electron chi connectivity index (χ4n) is 5.03. The quantitative estimate of drug-likeness (QED) is 0.631. The summed E-state index contributed by atoms with van der Waals surface area (Å²) in [6.45, 7) is 2.65. The molecule has 1 N–H and O–H groups in total. The lowest BCUT2D eigenvalue weighted by atomic mass is 9.96. The van der Waals surface area contributed by atoms with E-state index < -0.39 is 17.5 Å². The van der Waals surface area contributed by atoms with Crippen LogP contribution in [0.15, 0.2) is 30.5 Å². The first-order chi connectivity index (χ1) is 16.4. The van der Waals surface area contributed by atoms with Gasteiger partial charge in [-0.2, -0.15) is 13.2 Å². The van der Waals surface area contributed by atoms with Gasteiger partial charge in [-0.3, -0.25) is 4.79 Å². The Bertz CT molecular complexity index is 1260. The first kappa shape index (κ1) is 21.4. The topological polar surface area (TPSA) is 74.3 Å². The van der Waals surface area contributed by atoms with Gasteiger partial charge < -0.3 is 19.5 Å². The third-order valence-electron chi connectivity index (χ3n) is 7.18. The van der Waals surface area contributed by atoms with Gasteiger partial charge in [0.25, 0.3) is 0 Å².